The van der Waals surface area contributed by atoms with Gasteiger partial charge in [-0.15, -0.1) is 0 Å². The van der Waals surface area contributed by atoms with E-state index in [0.29, 0.717) is 0 Å². The number of nitrogens with one attached hydrogen (secondary N) is 1. The maximum atomic E-state index is 13.7. The van der Waals surface area contributed by atoms with Gasteiger partial charge in [0.15, 0.2) is 0 Å². The number of carbonyl (C=O) groups is 7. The molecule has 0 saturated heterocycles. The number of carboxylic acid groups (broad SMARTS) is 1. The summed E-state index contributed by atoms with van der Waals surface area (Å²) in [6.45, 7) is 18.0. The first-order valence-corrected chi connectivity index (χ1v) is 17.1. The summed E-state index contributed by atoms with van der Waals surface area (Å²) in [5, 5.41) is 11.4. The lowest BCUT2D eigenvalue weighted by Gasteiger charge is -2.35. The standard InChI is InChI=1S/C35H62N4O13/c1-32(2,3)49-28(44)21-37(20-27(43)48-13)14-16-39(24(31(47)52-35(10,11)12)18-25(40)36-19-26(41)42)17-15-38(22-29(45)50-33(4,5)6)23-30(46)51-34(7,8)9/h24H,14-23H2,1-13H3,(H,36,40)(H,41,42)/t24-/m1/s1. The van der Waals surface area contributed by atoms with Crippen molar-refractivity contribution in [1.29, 1.82) is 0 Å². The molecule has 1 amide bonds. The van der Waals surface area contributed by atoms with Gasteiger partial charge in [-0.3, -0.25) is 48.3 Å². The maximum Gasteiger partial charge on any atom is 0.324 e. The van der Waals surface area contributed by atoms with Crippen molar-refractivity contribution in [2.24, 2.45) is 0 Å². The number of ether oxygens (including phenoxy) is 5. The van der Waals surface area contributed by atoms with Crippen molar-refractivity contribution in [2.75, 3.05) is 66.0 Å². The van der Waals surface area contributed by atoms with Crippen LogP contribution in [0, 0.1) is 0 Å². The van der Waals surface area contributed by atoms with Gasteiger partial charge in [0.25, 0.3) is 0 Å². The van der Waals surface area contributed by atoms with Crippen LogP contribution in [0.25, 0.3) is 0 Å². The normalized spacial score (nSPS) is 13.0. The Morgan fingerprint density at radius 1 is 0.558 bits per heavy atom. The molecule has 0 spiro atoms. The summed E-state index contributed by atoms with van der Waals surface area (Å²) in [5.41, 5.74) is -3.42. The van der Waals surface area contributed by atoms with Crippen molar-refractivity contribution in [3.8, 4) is 0 Å². The number of hydrogen-bond donors (Lipinski definition) is 2. The molecule has 52 heavy (non-hydrogen) atoms. The highest BCUT2D eigenvalue weighted by molar-refractivity contribution is 5.87. The molecule has 17 nitrogen and oxygen atoms in total. The summed E-state index contributed by atoms with van der Waals surface area (Å²) in [7, 11) is 1.19. The average molecular weight is 747 g/mol. The van der Waals surface area contributed by atoms with E-state index < -0.39 is 83.1 Å². The van der Waals surface area contributed by atoms with Crippen molar-refractivity contribution >= 4 is 41.7 Å². The molecule has 1 atom stereocenters. The number of aliphatic carboxylic acids is 1. The van der Waals surface area contributed by atoms with Crippen LogP contribution in [0.2, 0.25) is 0 Å². The van der Waals surface area contributed by atoms with Gasteiger partial charge >= 0.3 is 35.8 Å². The molecule has 0 saturated carbocycles. The molecular formula is C35H62N4O13. The molecule has 0 rings (SSSR count). The number of carboxylic acids is 1. The van der Waals surface area contributed by atoms with E-state index in [9.17, 15) is 33.6 Å². The van der Waals surface area contributed by atoms with Crippen molar-refractivity contribution < 1.29 is 62.4 Å². The van der Waals surface area contributed by atoms with Crippen LogP contribution in [0.15, 0.2) is 0 Å². The molecule has 0 fully saturated rings. The zero-order valence-electron chi connectivity index (χ0n) is 33.3. The minimum atomic E-state index is -1.31. The Hall–Kier alpha value is -3.83. The first kappa shape index (κ1) is 48.2. The summed E-state index contributed by atoms with van der Waals surface area (Å²) >= 11 is 0. The molecule has 0 aromatic carbocycles. The van der Waals surface area contributed by atoms with E-state index in [1.807, 2.05) is 0 Å². The largest absolute Gasteiger partial charge is 0.480 e. The van der Waals surface area contributed by atoms with Gasteiger partial charge in [0.1, 0.15) is 35.0 Å². The van der Waals surface area contributed by atoms with Crippen LogP contribution in [0.4, 0.5) is 0 Å². The lowest BCUT2D eigenvalue weighted by molar-refractivity contribution is -0.165. The predicted octanol–water partition coefficient (Wildman–Crippen LogP) is 1.39. The number of nitrogens with zero attached hydrogens (tertiary/aromatic N) is 3. The lowest BCUT2D eigenvalue weighted by atomic mass is 10.1. The van der Waals surface area contributed by atoms with E-state index in [4.69, 9.17) is 28.8 Å². The second-order valence-corrected chi connectivity index (χ2v) is 16.2. The molecule has 300 valence electrons. The molecule has 0 aromatic rings. The summed E-state index contributed by atoms with van der Waals surface area (Å²) in [5.74, 6) is -5.38. The Morgan fingerprint density at radius 2 is 0.904 bits per heavy atom. The maximum absolute atomic E-state index is 13.7. The number of hydrogen-bond acceptors (Lipinski definition) is 15. The predicted molar refractivity (Wildman–Crippen MR) is 189 cm³/mol. The van der Waals surface area contributed by atoms with Gasteiger partial charge in [0.05, 0.1) is 39.7 Å². The molecule has 0 aliphatic carbocycles. The molecule has 0 radical (unpaired) electrons. The van der Waals surface area contributed by atoms with Gasteiger partial charge in [-0.2, -0.15) is 0 Å². The highest BCUT2D eigenvalue weighted by Crippen LogP contribution is 2.16. The third-order valence-electron chi connectivity index (χ3n) is 6.24. The Bertz CT molecular complexity index is 1200. The van der Waals surface area contributed by atoms with Gasteiger partial charge in [-0.1, -0.05) is 0 Å². The van der Waals surface area contributed by atoms with Crippen LogP contribution in [-0.2, 0) is 57.2 Å². The minimum absolute atomic E-state index is 0.0253. The Balaban J connectivity index is 6.80. The fourth-order valence-electron chi connectivity index (χ4n) is 4.46. The second-order valence-electron chi connectivity index (χ2n) is 16.2. The quantitative estimate of drug-likeness (QED) is 0.133. The van der Waals surface area contributed by atoms with Crippen LogP contribution < -0.4 is 5.32 Å². The Labute approximate surface area is 307 Å². The van der Waals surface area contributed by atoms with Gasteiger partial charge in [-0.05, 0) is 83.1 Å². The smallest absolute Gasteiger partial charge is 0.324 e. The number of methoxy groups -OCH3 is 1. The first-order chi connectivity index (χ1) is 23.5. The average Bonchev–Trinajstić information content (AvgIpc) is 2.90. The summed E-state index contributed by atoms with van der Waals surface area (Å²) in [6.07, 6.45) is -0.524. The van der Waals surface area contributed by atoms with Crippen molar-refractivity contribution in [1.82, 2.24) is 20.0 Å². The minimum Gasteiger partial charge on any atom is -0.480 e. The van der Waals surface area contributed by atoms with Crippen molar-refractivity contribution in [2.45, 2.75) is 118 Å². The Kier molecular flexibility index (Phi) is 19.5. The van der Waals surface area contributed by atoms with Gasteiger partial charge in [0.2, 0.25) is 5.91 Å². The van der Waals surface area contributed by atoms with Gasteiger partial charge in [-0.25, -0.2) is 0 Å². The number of amides is 1. The number of rotatable bonds is 20. The summed E-state index contributed by atoms with van der Waals surface area (Å²) in [6, 6.07) is -1.31. The monoisotopic (exact) mass is 746 g/mol. The lowest BCUT2D eigenvalue weighted by Crippen LogP contribution is -2.53. The topological polar surface area (TPSA) is 208 Å². The fourth-order valence-corrected chi connectivity index (χ4v) is 4.46. The van der Waals surface area contributed by atoms with E-state index in [1.54, 1.807) is 88.0 Å². The Morgan fingerprint density at radius 3 is 1.21 bits per heavy atom. The van der Waals surface area contributed by atoms with Crippen LogP contribution in [0.1, 0.15) is 89.5 Å². The highest BCUT2D eigenvalue weighted by atomic mass is 16.6. The molecule has 0 unspecified atom stereocenters. The van der Waals surface area contributed by atoms with Crippen LogP contribution in [-0.4, -0.2) is 156 Å². The van der Waals surface area contributed by atoms with E-state index in [1.165, 1.54) is 16.9 Å². The third kappa shape index (κ3) is 25.2. The second kappa shape index (κ2) is 21.0. The molecule has 0 aliphatic heterocycles. The third-order valence-corrected chi connectivity index (χ3v) is 6.24. The van der Waals surface area contributed by atoms with E-state index in [-0.39, 0.29) is 52.4 Å². The SMILES string of the molecule is COC(=O)CN(CCN(CCN(CC(=O)OC(C)(C)C)CC(=O)OC(C)(C)C)[C@H](CC(=O)NCC(=O)O)C(=O)OC(C)(C)C)CC(=O)OC(C)(C)C. The fraction of sp³-hybridized carbons (Fsp3) is 0.800. The van der Waals surface area contributed by atoms with Crippen molar-refractivity contribution in [3.05, 3.63) is 0 Å². The zero-order valence-corrected chi connectivity index (χ0v) is 33.3. The number of carbonyl (C=O) groups excluding carboxylic acids is 6. The van der Waals surface area contributed by atoms with Gasteiger partial charge in [0, 0.05) is 26.2 Å². The van der Waals surface area contributed by atoms with Crippen LogP contribution >= 0.6 is 0 Å². The van der Waals surface area contributed by atoms with Crippen LogP contribution in [0.3, 0.4) is 0 Å². The summed E-state index contributed by atoms with van der Waals surface area (Å²) < 4.78 is 26.9. The van der Waals surface area contributed by atoms with E-state index >= 15 is 0 Å². The van der Waals surface area contributed by atoms with Crippen LogP contribution in [0.5, 0.6) is 0 Å². The molecule has 0 heterocycles. The zero-order chi connectivity index (χ0) is 40.7. The number of esters is 5. The molecule has 0 aliphatic rings. The summed E-state index contributed by atoms with van der Waals surface area (Å²) in [4.78, 5) is 93.2. The molecule has 2 N–H and O–H groups in total. The van der Waals surface area contributed by atoms with Gasteiger partial charge < -0.3 is 34.1 Å². The molecular weight excluding hydrogens is 684 g/mol. The molecule has 0 aromatic heterocycles. The van der Waals surface area contributed by atoms with E-state index in [2.05, 4.69) is 5.32 Å². The highest BCUT2D eigenvalue weighted by Gasteiger charge is 2.34. The first-order valence-electron chi connectivity index (χ1n) is 17.1. The molecule has 17 heteroatoms. The van der Waals surface area contributed by atoms with Crippen molar-refractivity contribution in [3.63, 3.8) is 0 Å². The van der Waals surface area contributed by atoms with E-state index in [0.717, 1.165) is 0 Å². The molecule has 0 bridgehead atoms.